The second kappa shape index (κ2) is 9.55. The van der Waals surface area contributed by atoms with E-state index in [4.69, 9.17) is 0 Å². The van der Waals surface area contributed by atoms with Crippen LogP contribution in [0.15, 0.2) is 0 Å². The molecule has 0 bridgehead atoms. The van der Waals surface area contributed by atoms with Gasteiger partial charge in [-0.3, -0.25) is 0 Å². The zero-order chi connectivity index (χ0) is 10.8. The Morgan fingerprint density at radius 2 is 1.64 bits per heavy atom. The van der Waals surface area contributed by atoms with Crippen LogP contribution in [0.5, 0.6) is 0 Å². The average Bonchev–Trinajstić information content (AvgIpc) is 2.20. The number of rotatable bonds is 3. The topological polar surface area (TPSA) is 0 Å². The quantitative estimate of drug-likeness (QED) is 0.568. The Balaban J connectivity index is 0.000000241. The van der Waals surface area contributed by atoms with Gasteiger partial charge in [-0.2, -0.15) is 0 Å². The van der Waals surface area contributed by atoms with E-state index in [0.29, 0.717) is 0 Å². The zero-order valence-electron chi connectivity index (χ0n) is 10.8. The predicted octanol–water partition coefficient (Wildman–Crippen LogP) is 5.42. The maximum atomic E-state index is 2.36. The van der Waals surface area contributed by atoms with Crippen molar-refractivity contribution in [1.29, 1.82) is 0 Å². The molecule has 0 radical (unpaired) electrons. The van der Waals surface area contributed by atoms with Crippen LogP contribution in [-0.2, 0) is 0 Å². The standard InChI is InChI=1S/C7H14.C7H16/c1-7-5-3-2-4-6-7;1-4-6-7(3)5-2/h7H,2-6H2,1H3;7H,4-6H2,1-3H3/t;7-/m.0/s1. The highest BCUT2D eigenvalue weighted by atomic mass is 14.1. The van der Waals surface area contributed by atoms with Crippen molar-refractivity contribution in [3.63, 3.8) is 0 Å². The first-order valence-corrected chi connectivity index (χ1v) is 6.70. The molecule has 0 heteroatoms. The minimum atomic E-state index is 0.949. The van der Waals surface area contributed by atoms with Gasteiger partial charge >= 0.3 is 0 Å². The fraction of sp³-hybridized carbons (Fsp3) is 1.00. The Morgan fingerprint density at radius 3 is 1.86 bits per heavy atom. The Labute approximate surface area is 91.5 Å². The normalized spacial score (nSPS) is 19.7. The highest BCUT2D eigenvalue weighted by Gasteiger charge is 2.05. The molecule has 1 aliphatic rings. The molecule has 1 aliphatic carbocycles. The van der Waals surface area contributed by atoms with Crippen LogP contribution in [0.25, 0.3) is 0 Å². The van der Waals surface area contributed by atoms with E-state index >= 15 is 0 Å². The molecule has 0 amide bonds. The third-order valence-corrected chi connectivity index (χ3v) is 3.37. The van der Waals surface area contributed by atoms with Crippen LogP contribution in [0.4, 0.5) is 0 Å². The van der Waals surface area contributed by atoms with Crippen molar-refractivity contribution in [2.75, 3.05) is 0 Å². The monoisotopic (exact) mass is 198 g/mol. The summed E-state index contributed by atoms with van der Waals surface area (Å²) in [4.78, 5) is 0. The summed E-state index contributed by atoms with van der Waals surface area (Å²) in [7, 11) is 0. The van der Waals surface area contributed by atoms with Crippen molar-refractivity contribution in [3.8, 4) is 0 Å². The highest BCUT2D eigenvalue weighted by molar-refractivity contribution is 4.59. The Hall–Kier alpha value is 0. The van der Waals surface area contributed by atoms with Crippen molar-refractivity contribution in [1.82, 2.24) is 0 Å². The summed E-state index contributed by atoms with van der Waals surface area (Å²) in [6.07, 6.45) is 11.5. The van der Waals surface area contributed by atoms with Crippen LogP contribution < -0.4 is 0 Å². The molecule has 1 saturated carbocycles. The SMILES string of the molecule is CC1CCCCC1.CCC[C@@H](C)CC. The van der Waals surface area contributed by atoms with Gasteiger partial charge in [0, 0.05) is 0 Å². The smallest absolute Gasteiger partial charge is 0.0443 e. The van der Waals surface area contributed by atoms with E-state index in [9.17, 15) is 0 Å². The van der Waals surface area contributed by atoms with Crippen LogP contribution in [0.3, 0.4) is 0 Å². The summed E-state index contributed by atoms with van der Waals surface area (Å²) < 4.78 is 0. The van der Waals surface area contributed by atoms with Gasteiger partial charge in [0.2, 0.25) is 0 Å². The van der Waals surface area contributed by atoms with Crippen LogP contribution in [0.1, 0.15) is 79.1 Å². The molecule has 1 atom stereocenters. The molecule has 0 saturated heterocycles. The first kappa shape index (κ1) is 14.0. The van der Waals surface area contributed by atoms with Gasteiger partial charge in [-0.1, -0.05) is 79.1 Å². The van der Waals surface area contributed by atoms with Crippen molar-refractivity contribution in [2.45, 2.75) is 79.1 Å². The van der Waals surface area contributed by atoms with Crippen LogP contribution in [0, 0.1) is 11.8 Å². The highest BCUT2D eigenvalue weighted by Crippen LogP contribution is 2.22. The summed E-state index contributed by atoms with van der Waals surface area (Å²) in [6, 6.07) is 0. The summed E-state index contributed by atoms with van der Waals surface area (Å²) in [5, 5.41) is 0. The van der Waals surface area contributed by atoms with E-state index in [-0.39, 0.29) is 0 Å². The molecule has 14 heavy (non-hydrogen) atoms. The lowest BCUT2D eigenvalue weighted by Crippen LogP contribution is -1.99. The lowest BCUT2D eigenvalue weighted by molar-refractivity contribution is 0.385. The predicted molar refractivity (Wildman–Crippen MR) is 66.6 cm³/mol. The maximum absolute atomic E-state index is 2.36. The zero-order valence-corrected chi connectivity index (χ0v) is 10.8. The molecule has 0 aromatic carbocycles. The molecule has 0 heterocycles. The van der Waals surface area contributed by atoms with E-state index in [1.165, 1.54) is 51.4 Å². The van der Waals surface area contributed by atoms with Crippen LogP contribution in [-0.4, -0.2) is 0 Å². The summed E-state index contributed by atoms with van der Waals surface area (Å²) in [5.41, 5.74) is 0. The Kier molecular flexibility index (Phi) is 9.55. The van der Waals surface area contributed by atoms with Crippen LogP contribution in [0.2, 0.25) is 0 Å². The first-order valence-electron chi connectivity index (χ1n) is 6.70. The molecule has 0 nitrogen and oxygen atoms in total. The molecule has 0 spiro atoms. The fourth-order valence-electron chi connectivity index (χ4n) is 2.00. The van der Waals surface area contributed by atoms with E-state index in [1.807, 2.05) is 0 Å². The summed E-state index contributed by atoms with van der Waals surface area (Å²) in [6.45, 7) is 9.16. The van der Waals surface area contributed by atoms with Crippen molar-refractivity contribution >= 4 is 0 Å². The summed E-state index contributed by atoms with van der Waals surface area (Å²) >= 11 is 0. The van der Waals surface area contributed by atoms with Crippen molar-refractivity contribution in [2.24, 2.45) is 11.8 Å². The van der Waals surface area contributed by atoms with E-state index in [1.54, 1.807) is 0 Å². The second-order valence-corrected chi connectivity index (χ2v) is 5.05. The molecule has 86 valence electrons. The minimum absolute atomic E-state index is 0.949. The van der Waals surface area contributed by atoms with Gasteiger partial charge in [-0.05, 0) is 11.8 Å². The van der Waals surface area contributed by atoms with Gasteiger partial charge in [0.05, 0.1) is 0 Å². The number of hydrogen-bond donors (Lipinski definition) is 0. The van der Waals surface area contributed by atoms with Gasteiger partial charge in [0.25, 0.3) is 0 Å². The lowest BCUT2D eigenvalue weighted by Gasteiger charge is -2.15. The van der Waals surface area contributed by atoms with Crippen molar-refractivity contribution < 1.29 is 0 Å². The van der Waals surface area contributed by atoms with Gasteiger partial charge < -0.3 is 0 Å². The van der Waals surface area contributed by atoms with E-state index < -0.39 is 0 Å². The average molecular weight is 198 g/mol. The molecular formula is C14H30. The number of hydrogen-bond acceptors (Lipinski definition) is 0. The molecule has 1 rings (SSSR count). The first-order chi connectivity index (χ1) is 6.70. The molecule has 0 aliphatic heterocycles. The van der Waals surface area contributed by atoms with E-state index in [2.05, 4.69) is 27.7 Å². The molecule has 0 aromatic heterocycles. The van der Waals surface area contributed by atoms with Crippen molar-refractivity contribution in [3.05, 3.63) is 0 Å². The molecular weight excluding hydrogens is 168 g/mol. The third-order valence-electron chi connectivity index (χ3n) is 3.37. The van der Waals surface area contributed by atoms with Crippen LogP contribution >= 0.6 is 0 Å². The largest absolute Gasteiger partial charge is 0.0654 e. The molecule has 1 fully saturated rings. The minimum Gasteiger partial charge on any atom is -0.0654 e. The van der Waals surface area contributed by atoms with Gasteiger partial charge in [-0.15, -0.1) is 0 Å². The van der Waals surface area contributed by atoms with Gasteiger partial charge in [-0.25, -0.2) is 0 Å². The van der Waals surface area contributed by atoms with E-state index in [0.717, 1.165) is 11.8 Å². The second-order valence-electron chi connectivity index (χ2n) is 5.05. The van der Waals surface area contributed by atoms with Gasteiger partial charge in [0.1, 0.15) is 0 Å². The fourth-order valence-corrected chi connectivity index (χ4v) is 2.00. The Bertz CT molecular complexity index is 97.9. The molecule has 0 aromatic rings. The van der Waals surface area contributed by atoms with Gasteiger partial charge in [0.15, 0.2) is 0 Å². The summed E-state index contributed by atoms with van der Waals surface area (Å²) in [5.74, 6) is 1.98. The lowest BCUT2D eigenvalue weighted by atomic mass is 9.91. The molecule has 0 N–H and O–H groups in total. The Morgan fingerprint density at radius 1 is 1.07 bits per heavy atom. The maximum Gasteiger partial charge on any atom is -0.0443 e. The molecule has 0 unspecified atom stereocenters. The third kappa shape index (κ3) is 8.59.